The first-order valence-corrected chi connectivity index (χ1v) is 11.3. The predicted octanol–water partition coefficient (Wildman–Crippen LogP) is 3.86. The van der Waals surface area contributed by atoms with Crippen molar-refractivity contribution in [1.82, 2.24) is 20.0 Å². The van der Waals surface area contributed by atoms with Crippen molar-refractivity contribution in [3.05, 3.63) is 78.0 Å². The molecule has 1 saturated heterocycles. The first kappa shape index (κ1) is 21.8. The Morgan fingerprint density at radius 1 is 1.06 bits per heavy atom. The monoisotopic (exact) mass is 430 g/mol. The quantitative estimate of drug-likeness (QED) is 0.619. The van der Waals surface area contributed by atoms with Crippen molar-refractivity contribution in [3.63, 3.8) is 0 Å². The number of likely N-dealkylation sites (tertiary alicyclic amines) is 1. The molecule has 0 aliphatic carbocycles. The van der Waals surface area contributed by atoms with E-state index in [1.807, 2.05) is 71.2 Å². The van der Waals surface area contributed by atoms with Crippen LogP contribution in [0.1, 0.15) is 37.3 Å². The molecule has 1 unspecified atom stereocenters. The first-order valence-electron chi connectivity index (χ1n) is 11.3. The minimum absolute atomic E-state index is 0.00780. The maximum absolute atomic E-state index is 12.9. The fourth-order valence-corrected chi connectivity index (χ4v) is 4.25. The van der Waals surface area contributed by atoms with Crippen LogP contribution in [0.15, 0.2) is 66.9 Å². The summed E-state index contributed by atoms with van der Waals surface area (Å²) in [5.74, 6) is -0.0248. The second-order valence-corrected chi connectivity index (χ2v) is 8.30. The smallest absolute Gasteiger partial charge is 0.225 e. The van der Waals surface area contributed by atoms with Gasteiger partial charge in [0.1, 0.15) is 0 Å². The van der Waals surface area contributed by atoms with Gasteiger partial charge in [-0.3, -0.25) is 14.3 Å². The molecule has 6 heteroatoms. The maximum atomic E-state index is 12.9. The molecular formula is C26H30N4O2. The summed E-state index contributed by atoms with van der Waals surface area (Å²) in [7, 11) is 0. The molecule has 166 valence electrons. The van der Waals surface area contributed by atoms with E-state index in [1.165, 1.54) is 5.56 Å². The SMILES string of the molecule is CCC(=O)N1CCCC(C(=O)NCc2cn(Cc3ccccc3)nc2-c2ccccc2)C1. The number of nitrogens with one attached hydrogen (secondary N) is 1. The minimum Gasteiger partial charge on any atom is -0.352 e. The number of benzene rings is 2. The predicted molar refractivity (Wildman–Crippen MR) is 125 cm³/mol. The molecule has 1 atom stereocenters. The van der Waals surface area contributed by atoms with Gasteiger partial charge in [0.15, 0.2) is 0 Å². The fraction of sp³-hybridized carbons (Fsp3) is 0.346. The van der Waals surface area contributed by atoms with E-state index in [1.54, 1.807) is 0 Å². The molecule has 1 fully saturated rings. The Balaban J connectivity index is 1.48. The third-order valence-electron chi connectivity index (χ3n) is 5.97. The highest BCUT2D eigenvalue weighted by Gasteiger charge is 2.27. The van der Waals surface area contributed by atoms with Crippen LogP contribution in [-0.2, 0) is 22.7 Å². The highest BCUT2D eigenvalue weighted by Crippen LogP contribution is 2.23. The lowest BCUT2D eigenvalue weighted by atomic mass is 9.96. The van der Waals surface area contributed by atoms with Crippen molar-refractivity contribution in [2.45, 2.75) is 39.3 Å². The summed E-state index contributed by atoms with van der Waals surface area (Å²) in [5, 5.41) is 7.93. The van der Waals surface area contributed by atoms with E-state index in [9.17, 15) is 9.59 Å². The molecule has 1 N–H and O–H groups in total. The van der Waals surface area contributed by atoms with Gasteiger partial charge in [0.2, 0.25) is 11.8 Å². The van der Waals surface area contributed by atoms with E-state index >= 15 is 0 Å². The Bertz CT molecular complexity index is 1050. The third-order valence-corrected chi connectivity index (χ3v) is 5.97. The van der Waals surface area contributed by atoms with Gasteiger partial charge >= 0.3 is 0 Å². The van der Waals surface area contributed by atoms with Crippen molar-refractivity contribution in [2.24, 2.45) is 5.92 Å². The van der Waals surface area contributed by atoms with Crippen molar-refractivity contribution >= 4 is 11.8 Å². The van der Waals surface area contributed by atoms with Gasteiger partial charge in [-0.15, -0.1) is 0 Å². The van der Waals surface area contributed by atoms with Gasteiger partial charge in [0, 0.05) is 43.4 Å². The molecule has 2 amide bonds. The Morgan fingerprint density at radius 2 is 1.78 bits per heavy atom. The number of piperidine rings is 1. The van der Waals surface area contributed by atoms with Crippen LogP contribution in [0, 0.1) is 5.92 Å². The molecule has 0 bridgehead atoms. The van der Waals surface area contributed by atoms with Gasteiger partial charge in [-0.05, 0) is 18.4 Å². The standard InChI is InChI=1S/C26H30N4O2/c1-2-24(31)29-15-9-14-22(18-29)26(32)27-16-23-19-30(17-20-10-5-3-6-11-20)28-25(23)21-12-7-4-8-13-21/h3-8,10-13,19,22H,2,9,14-18H2,1H3,(H,27,32). The normalized spacial score (nSPS) is 16.0. The molecule has 6 nitrogen and oxygen atoms in total. The van der Waals surface area contributed by atoms with Crippen LogP contribution in [0.5, 0.6) is 0 Å². The van der Waals surface area contributed by atoms with Crippen molar-refractivity contribution in [2.75, 3.05) is 13.1 Å². The number of aromatic nitrogens is 2. The van der Waals surface area contributed by atoms with E-state index in [0.29, 0.717) is 26.1 Å². The zero-order valence-electron chi connectivity index (χ0n) is 18.5. The highest BCUT2D eigenvalue weighted by atomic mass is 16.2. The summed E-state index contributed by atoms with van der Waals surface area (Å²) >= 11 is 0. The second-order valence-electron chi connectivity index (χ2n) is 8.30. The van der Waals surface area contributed by atoms with Gasteiger partial charge in [0.05, 0.1) is 18.2 Å². The van der Waals surface area contributed by atoms with E-state index in [-0.39, 0.29) is 17.7 Å². The zero-order valence-corrected chi connectivity index (χ0v) is 18.5. The molecular weight excluding hydrogens is 400 g/mol. The largest absolute Gasteiger partial charge is 0.352 e. The van der Waals surface area contributed by atoms with Crippen LogP contribution in [0.4, 0.5) is 0 Å². The molecule has 1 aliphatic heterocycles. The van der Waals surface area contributed by atoms with E-state index < -0.39 is 0 Å². The molecule has 1 aliphatic rings. The average Bonchev–Trinajstić information content (AvgIpc) is 3.25. The lowest BCUT2D eigenvalue weighted by Gasteiger charge is -2.31. The van der Waals surface area contributed by atoms with Crippen LogP contribution in [0.25, 0.3) is 11.3 Å². The zero-order chi connectivity index (χ0) is 22.3. The Hall–Kier alpha value is -3.41. The third kappa shape index (κ3) is 5.25. The molecule has 0 saturated carbocycles. The molecule has 0 spiro atoms. The molecule has 2 heterocycles. The van der Waals surface area contributed by atoms with E-state index in [0.717, 1.165) is 36.2 Å². The van der Waals surface area contributed by atoms with Crippen LogP contribution in [0.3, 0.4) is 0 Å². The van der Waals surface area contributed by atoms with Crippen molar-refractivity contribution in [1.29, 1.82) is 0 Å². The fourth-order valence-electron chi connectivity index (χ4n) is 4.25. The minimum atomic E-state index is -0.154. The lowest BCUT2D eigenvalue weighted by molar-refractivity contribution is -0.135. The van der Waals surface area contributed by atoms with Gasteiger partial charge in [-0.2, -0.15) is 5.10 Å². The number of carbonyl (C=O) groups is 2. The number of carbonyl (C=O) groups excluding carboxylic acids is 2. The van der Waals surface area contributed by atoms with Crippen molar-refractivity contribution < 1.29 is 9.59 Å². The Labute approximate surface area is 189 Å². The highest BCUT2D eigenvalue weighted by molar-refractivity contribution is 5.81. The topological polar surface area (TPSA) is 67.2 Å². The van der Waals surface area contributed by atoms with Gasteiger partial charge in [-0.25, -0.2) is 0 Å². The van der Waals surface area contributed by atoms with E-state index in [2.05, 4.69) is 17.4 Å². The summed E-state index contributed by atoms with van der Waals surface area (Å²) in [6.07, 6.45) is 4.19. The van der Waals surface area contributed by atoms with E-state index in [4.69, 9.17) is 5.10 Å². The summed E-state index contributed by atoms with van der Waals surface area (Å²) in [6.45, 7) is 4.21. The van der Waals surface area contributed by atoms with Crippen molar-refractivity contribution in [3.8, 4) is 11.3 Å². The number of nitrogens with zero attached hydrogens (tertiary/aromatic N) is 3. The number of hydrogen-bond acceptors (Lipinski definition) is 3. The molecule has 3 aromatic rings. The number of amides is 2. The summed E-state index contributed by atoms with van der Waals surface area (Å²) in [5.41, 5.74) is 4.07. The second kappa shape index (κ2) is 10.3. The Morgan fingerprint density at radius 3 is 2.50 bits per heavy atom. The molecule has 32 heavy (non-hydrogen) atoms. The molecule has 0 radical (unpaired) electrons. The summed E-state index contributed by atoms with van der Waals surface area (Å²) in [4.78, 5) is 26.8. The van der Waals surface area contributed by atoms with Gasteiger partial charge in [0.25, 0.3) is 0 Å². The lowest BCUT2D eigenvalue weighted by Crippen LogP contribution is -2.45. The van der Waals surface area contributed by atoms with Crippen LogP contribution >= 0.6 is 0 Å². The Kier molecular flexibility index (Phi) is 7.00. The summed E-state index contributed by atoms with van der Waals surface area (Å²) in [6, 6.07) is 20.3. The number of hydrogen-bond donors (Lipinski definition) is 1. The van der Waals surface area contributed by atoms with Crippen LogP contribution in [-0.4, -0.2) is 39.6 Å². The van der Waals surface area contributed by atoms with Gasteiger partial charge in [-0.1, -0.05) is 67.6 Å². The van der Waals surface area contributed by atoms with Crippen LogP contribution < -0.4 is 5.32 Å². The average molecular weight is 431 g/mol. The molecule has 4 rings (SSSR count). The molecule has 2 aromatic carbocycles. The summed E-state index contributed by atoms with van der Waals surface area (Å²) < 4.78 is 1.93. The van der Waals surface area contributed by atoms with Crippen LogP contribution in [0.2, 0.25) is 0 Å². The molecule has 1 aromatic heterocycles. The maximum Gasteiger partial charge on any atom is 0.225 e. The number of rotatable bonds is 7. The van der Waals surface area contributed by atoms with Gasteiger partial charge < -0.3 is 10.2 Å². The first-order chi connectivity index (χ1) is 15.6.